The van der Waals surface area contributed by atoms with Gasteiger partial charge in [-0.25, -0.2) is 0 Å². The van der Waals surface area contributed by atoms with Gasteiger partial charge >= 0.3 is 0 Å². The van der Waals surface area contributed by atoms with Crippen molar-refractivity contribution in [1.29, 1.82) is 0 Å². The van der Waals surface area contributed by atoms with Crippen LogP contribution in [0.15, 0.2) is 48.6 Å². The van der Waals surface area contributed by atoms with E-state index in [4.69, 9.17) is 18.9 Å². The van der Waals surface area contributed by atoms with Crippen molar-refractivity contribution in [3.63, 3.8) is 0 Å². The molecule has 2 rings (SSSR count). The van der Waals surface area contributed by atoms with Gasteiger partial charge in [-0.3, -0.25) is 4.79 Å². The van der Waals surface area contributed by atoms with Crippen LogP contribution in [-0.4, -0.2) is 140 Å². The number of aliphatic hydroxyl groups is 8. The van der Waals surface area contributed by atoms with Crippen molar-refractivity contribution in [3.8, 4) is 0 Å². The number of allylic oxidation sites excluding steroid dienone is 8. The van der Waals surface area contributed by atoms with E-state index in [2.05, 4.69) is 67.8 Å². The number of unbranched alkanes of at least 4 members (excludes halogenated alkanes) is 33. The predicted molar refractivity (Wildman–Crippen MR) is 327 cm³/mol. The number of aliphatic hydroxyl groups excluding tert-OH is 8. The van der Waals surface area contributed by atoms with Gasteiger partial charge in [-0.15, -0.1) is 0 Å². The lowest BCUT2D eigenvalue weighted by molar-refractivity contribution is -0.359. The minimum absolute atomic E-state index is 0.204. The van der Waals surface area contributed by atoms with Crippen molar-refractivity contribution in [2.45, 2.75) is 351 Å². The summed E-state index contributed by atoms with van der Waals surface area (Å²) >= 11 is 0. The Kier molecular flexibility index (Phi) is 48.5. The van der Waals surface area contributed by atoms with Gasteiger partial charge in [-0.1, -0.05) is 268 Å². The molecule has 0 aliphatic carbocycles. The molecule has 0 aromatic heterocycles. The second kappa shape index (κ2) is 52.3. The molecule has 81 heavy (non-hydrogen) atoms. The molecule has 12 unspecified atom stereocenters. The lowest BCUT2D eigenvalue weighted by atomic mass is 9.97. The Hall–Kier alpha value is -2.05. The van der Waals surface area contributed by atoms with Crippen molar-refractivity contribution >= 4 is 5.91 Å². The van der Waals surface area contributed by atoms with Crippen LogP contribution < -0.4 is 5.32 Å². The molecule has 0 spiro atoms. The van der Waals surface area contributed by atoms with Gasteiger partial charge in [0.1, 0.15) is 48.8 Å². The van der Waals surface area contributed by atoms with Crippen LogP contribution in [0, 0.1) is 0 Å². The topological polar surface area (TPSA) is 228 Å². The molecule has 14 heteroatoms. The van der Waals surface area contributed by atoms with Crippen LogP contribution in [0.25, 0.3) is 0 Å². The van der Waals surface area contributed by atoms with Crippen molar-refractivity contribution < 1.29 is 64.6 Å². The summed E-state index contributed by atoms with van der Waals surface area (Å²) in [6.07, 6.45) is 50.0. The molecule has 12 atom stereocenters. The molecule has 0 radical (unpaired) electrons. The molecule has 0 aromatic rings. The first kappa shape index (κ1) is 75.0. The largest absolute Gasteiger partial charge is 0.394 e. The lowest BCUT2D eigenvalue weighted by Gasteiger charge is -2.46. The van der Waals surface area contributed by atoms with Crippen molar-refractivity contribution in [2.24, 2.45) is 0 Å². The van der Waals surface area contributed by atoms with E-state index in [1.807, 2.05) is 0 Å². The molecule has 2 saturated heterocycles. The zero-order valence-electron chi connectivity index (χ0n) is 51.3. The van der Waals surface area contributed by atoms with Gasteiger partial charge in [0.15, 0.2) is 12.6 Å². The zero-order chi connectivity index (χ0) is 58.8. The monoisotopic (exact) mass is 1150 g/mol. The number of carbonyl (C=O) groups excluding carboxylic acids is 1. The SMILES string of the molecule is CC/C=C\C/C=C\C/C=C\C/C=C\CCCCCCCCCCCCCCCCCCCCCCCCC(=O)NC(COC1OC(CO)C(OC2OC(CO)C(O)C(O)C2O)C(O)C1O)C(O)CCCCCCCCCCCCCC. The van der Waals surface area contributed by atoms with E-state index < -0.39 is 86.8 Å². The van der Waals surface area contributed by atoms with Gasteiger partial charge in [0.25, 0.3) is 0 Å². The summed E-state index contributed by atoms with van der Waals surface area (Å²) < 4.78 is 22.8. The Morgan fingerprint density at radius 1 is 0.457 bits per heavy atom. The molecule has 2 aliphatic rings. The van der Waals surface area contributed by atoms with Crippen LogP contribution in [0.3, 0.4) is 0 Å². The van der Waals surface area contributed by atoms with Crippen LogP contribution >= 0.6 is 0 Å². The predicted octanol–water partition coefficient (Wildman–Crippen LogP) is 12.7. The highest BCUT2D eigenvalue weighted by Crippen LogP contribution is 2.30. The van der Waals surface area contributed by atoms with E-state index in [1.165, 1.54) is 173 Å². The quantitative estimate of drug-likeness (QED) is 0.0204. The first-order valence-corrected chi connectivity index (χ1v) is 33.4. The molecule has 474 valence electrons. The molecule has 1 amide bonds. The van der Waals surface area contributed by atoms with Gasteiger partial charge in [-0.05, 0) is 51.4 Å². The molecule has 2 heterocycles. The van der Waals surface area contributed by atoms with Crippen LogP contribution in [0.5, 0.6) is 0 Å². The second-order valence-corrected chi connectivity index (χ2v) is 23.6. The van der Waals surface area contributed by atoms with E-state index in [9.17, 15) is 45.6 Å². The first-order valence-electron chi connectivity index (χ1n) is 33.4. The summed E-state index contributed by atoms with van der Waals surface area (Å²) in [7, 11) is 0. The Morgan fingerprint density at radius 2 is 0.852 bits per heavy atom. The third-order valence-electron chi connectivity index (χ3n) is 16.3. The van der Waals surface area contributed by atoms with Crippen LogP contribution in [-0.2, 0) is 23.7 Å². The Morgan fingerprint density at radius 3 is 1.31 bits per heavy atom. The Balaban J connectivity index is 1.58. The minimum atomic E-state index is -1.78. The standard InChI is InChI=1S/C67H123NO13/c1-3-5-7-9-11-13-15-17-18-19-20-21-22-23-24-25-26-27-28-29-30-31-32-33-34-35-36-37-38-39-41-43-45-47-49-51-59(72)68-55(56(71)50-48-46-44-42-40-16-14-12-10-8-6-4-2)54-78-66-64(77)62(75)65(58(53-70)80-66)81-67-63(76)61(74)60(73)57(52-69)79-67/h5,7,11,13,17-18,20-21,55-58,60-67,69-71,73-77H,3-4,6,8-10,12,14-16,19,22-54H2,1-2H3,(H,68,72)/b7-5-,13-11-,18-17-,21-20-. The summed E-state index contributed by atoms with van der Waals surface area (Å²) in [5, 5.41) is 87.3. The highest BCUT2D eigenvalue weighted by molar-refractivity contribution is 5.76. The van der Waals surface area contributed by atoms with E-state index in [1.54, 1.807) is 0 Å². The van der Waals surface area contributed by atoms with Crippen molar-refractivity contribution in [1.82, 2.24) is 5.32 Å². The van der Waals surface area contributed by atoms with Crippen LogP contribution in [0.1, 0.15) is 277 Å². The van der Waals surface area contributed by atoms with Gasteiger partial charge in [0, 0.05) is 6.42 Å². The highest BCUT2D eigenvalue weighted by atomic mass is 16.7. The second-order valence-electron chi connectivity index (χ2n) is 23.6. The number of carbonyl (C=O) groups is 1. The van der Waals surface area contributed by atoms with E-state index >= 15 is 0 Å². The number of hydrogen-bond acceptors (Lipinski definition) is 13. The molecule has 0 saturated carbocycles. The summed E-state index contributed by atoms with van der Waals surface area (Å²) in [6, 6.07) is -0.826. The number of hydrogen-bond donors (Lipinski definition) is 9. The number of ether oxygens (including phenoxy) is 4. The average molecular weight is 1150 g/mol. The average Bonchev–Trinajstić information content (AvgIpc) is 3.46. The van der Waals surface area contributed by atoms with Crippen LogP contribution in [0.4, 0.5) is 0 Å². The van der Waals surface area contributed by atoms with Crippen LogP contribution in [0.2, 0.25) is 0 Å². The maximum Gasteiger partial charge on any atom is 0.220 e. The highest BCUT2D eigenvalue weighted by Gasteiger charge is 2.51. The fourth-order valence-corrected chi connectivity index (χ4v) is 11.0. The third kappa shape index (κ3) is 37.2. The molecular weight excluding hydrogens is 1030 g/mol. The number of amides is 1. The van der Waals surface area contributed by atoms with Gasteiger partial charge in [0.05, 0.1) is 32.0 Å². The number of rotatable bonds is 54. The van der Waals surface area contributed by atoms with Crippen molar-refractivity contribution in [2.75, 3.05) is 19.8 Å². The maximum absolute atomic E-state index is 13.3. The summed E-state index contributed by atoms with van der Waals surface area (Å²) in [6.45, 7) is 2.76. The molecule has 9 N–H and O–H groups in total. The van der Waals surface area contributed by atoms with Gasteiger partial charge < -0.3 is 65.1 Å². The maximum atomic E-state index is 13.3. The van der Waals surface area contributed by atoms with Gasteiger partial charge in [-0.2, -0.15) is 0 Å². The molecule has 2 aliphatic heterocycles. The lowest BCUT2D eigenvalue weighted by Crippen LogP contribution is -2.65. The summed E-state index contributed by atoms with van der Waals surface area (Å²) in [5.74, 6) is -0.204. The normalized spacial score (nSPS) is 24.4. The summed E-state index contributed by atoms with van der Waals surface area (Å²) in [5.41, 5.74) is 0. The fraction of sp³-hybridized carbons (Fsp3) is 0.866. The molecule has 14 nitrogen and oxygen atoms in total. The Bertz CT molecular complexity index is 1540. The van der Waals surface area contributed by atoms with E-state index in [0.717, 1.165) is 77.0 Å². The number of nitrogens with one attached hydrogen (secondary N) is 1. The molecule has 0 bridgehead atoms. The Labute approximate surface area is 493 Å². The fourth-order valence-electron chi connectivity index (χ4n) is 11.0. The first-order chi connectivity index (χ1) is 39.6. The van der Waals surface area contributed by atoms with E-state index in [-0.39, 0.29) is 12.5 Å². The molecular formula is C67H123NO13. The molecule has 0 aromatic carbocycles. The third-order valence-corrected chi connectivity index (χ3v) is 16.3. The van der Waals surface area contributed by atoms with Gasteiger partial charge in [0.2, 0.25) is 5.91 Å². The van der Waals surface area contributed by atoms with Crippen molar-refractivity contribution in [3.05, 3.63) is 48.6 Å². The zero-order valence-corrected chi connectivity index (χ0v) is 51.3. The van der Waals surface area contributed by atoms with E-state index in [0.29, 0.717) is 12.8 Å². The molecule has 2 fully saturated rings. The smallest absolute Gasteiger partial charge is 0.220 e. The summed E-state index contributed by atoms with van der Waals surface area (Å²) in [4.78, 5) is 13.3. The minimum Gasteiger partial charge on any atom is -0.394 e.